The van der Waals surface area contributed by atoms with Gasteiger partial charge in [-0.05, 0) is 5.92 Å². The summed E-state index contributed by atoms with van der Waals surface area (Å²) >= 11 is 0. The number of aliphatic hydroxyl groups is 1. The molecule has 0 aliphatic carbocycles. The average molecular weight is 204 g/mol. The van der Waals surface area contributed by atoms with E-state index in [1.54, 1.807) is 0 Å². The van der Waals surface area contributed by atoms with Gasteiger partial charge in [-0.1, -0.05) is 13.8 Å². The van der Waals surface area contributed by atoms with Crippen molar-refractivity contribution < 1.29 is 19.8 Å². The molecule has 6 heteroatoms. The second-order valence-corrected chi connectivity index (χ2v) is 3.32. The third-order valence-corrected chi connectivity index (χ3v) is 1.46. The zero-order chi connectivity index (χ0) is 11.1. The van der Waals surface area contributed by atoms with Crippen LogP contribution in [-0.2, 0) is 4.79 Å². The second kappa shape index (κ2) is 6.20. The van der Waals surface area contributed by atoms with Crippen LogP contribution in [0.3, 0.4) is 0 Å². The largest absolute Gasteiger partial charge is 0.480 e. The van der Waals surface area contributed by atoms with E-state index in [1.165, 1.54) is 0 Å². The molecule has 0 aliphatic rings. The highest BCUT2D eigenvalue weighted by atomic mass is 16.4. The summed E-state index contributed by atoms with van der Waals surface area (Å²) in [4.78, 5) is 21.4. The normalized spacial score (nSPS) is 12.3. The predicted octanol–water partition coefficient (Wildman–Crippen LogP) is -0.613. The smallest absolute Gasteiger partial charge is 0.328 e. The zero-order valence-corrected chi connectivity index (χ0v) is 8.28. The van der Waals surface area contributed by atoms with Crippen LogP contribution in [0.15, 0.2) is 0 Å². The molecule has 0 rings (SSSR count). The van der Waals surface area contributed by atoms with Crippen molar-refractivity contribution in [2.24, 2.45) is 5.92 Å². The lowest BCUT2D eigenvalue weighted by Crippen LogP contribution is -2.48. The number of aliphatic carboxylic acids is 1. The average Bonchev–Trinajstić information content (AvgIpc) is 2.10. The van der Waals surface area contributed by atoms with Gasteiger partial charge in [0.2, 0.25) is 0 Å². The van der Waals surface area contributed by atoms with Crippen LogP contribution in [0.25, 0.3) is 0 Å². The van der Waals surface area contributed by atoms with Crippen LogP contribution in [0.1, 0.15) is 13.8 Å². The Morgan fingerprint density at radius 2 is 1.93 bits per heavy atom. The number of nitrogens with one attached hydrogen (secondary N) is 2. The Hall–Kier alpha value is -1.30. The zero-order valence-electron chi connectivity index (χ0n) is 8.28. The van der Waals surface area contributed by atoms with Crippen LogP contribution in [-0.4, -0.2) is 41.4 Å². The Balaban J connectivity index is 3.85. The number of carbonyl (C=O) groups is 2. The lowest BCUT2D eigenvalue weighted by Gasteiger charge is -2.13. The molecule has 14 heavy (non-hydrogen) atoms. The molecule has 0 heterocycles. The fraction of sp³-hybridized carbons (Fsp3) is 0.750. The van der Waals surface area contributed by atoms with Gasteiger partial charge >= 0.3 is 12.0 Å². The Kier molecular flexibility index (Phi) is 5.62. The molecule has 0 saturated carbocycles. The van der Waals surface area contributed by atoms with E-state index in [-0.39, 0.29) is 5.92 Å². The molecular weight excluding hydrogens is 188 g/mol. The van der Waals surface area contributed by atoms with E-state index >= 15 is 0 Å². The van der Waals surface area contributed by atoms with Crippen molar-refractivity contribution >= 4 is 12.0 Å². The first-order valence-corrected chi connectivity index (χ1v) is 4.35. The van der Waals surface area contributed by atoms with Crippen molar-refractivity contribution in [2.75, 3.05) is 13.2 Å². The standard InChI is InChI=1S/C8H16N2O4/c1-5(2)3-9-8(14)10-6(4-11)7(12)13/h5-6,11H,3-4H2,1-2H3,(H,12,13)(H2,9,10,14)/t6-/m1/s1. The summed E-state index contributed by atoms with van der Waals surface area (Å²) in [5.74, 6) is -0.967. The number of amides is 2. The number of hydrogen-bond donors (Lipinski definition) is 4. The maximum Gasteiger partial charge on any atom is 0.328 e. The maximum atomic E-state index is 11.0. The molecule has 0 spiro atoms. The SMILES string of the molecule is CC(C)CNC(=O)N[C@H](CO)C(=O)O. The number of aliphatic hydroxyl groups excluding tert-OH is 1. The number of carbonyl (C=O) groups excluding carboxylic acids is 1. The van der Waals surface area contributed by atoms with E-state index in [1.807, 2.05) is 13.8 Å². The molecular formula is C8H16N2O4. The Bertz CT molecular complexity index is 206. The van der Waals surface area contributed by atoms with Gasteiger partial charge in [-0.15, -0.1) is 0 Å². The van der Waals surface area contributed by atoms with Crippen LogP contribution in [0, 0.1) is 5.92 Å². The summed E-state index contributed by atoms with van der Waals surface area (Å²) in [6, 6.07) is -1.83. The van der Waals surface area contributed by atoms with Crippen molar-refractivity contribution in [1.82, 2.24) is 10.6 Å². The van der Waals surface area contributed by atoms with E-state index in [4.69, 9.17) is 10.2 Å². The summed E-state index contributed by atoms with van der Waals surface area (Å²) in [6.45, 7) is 3.68. The van der Waals surface area contributed by atoms with Gasteiger partial charge in [0.05, 0.1) is 6.61 Å². The van der Waals surface area contributed by atoms with Crippen LogP contribution < -0.4 is 10.6 Å². The van der Waals surface area contributed by atoms with Crippen molar-refractivity contribution in [3.8, 4) is 0 Å². The van der Waals surface area contributed by atoms with Gasteiger partial charge in [-0.3, -0.25) is 0 Å². The summed E-state index contributed by atoms with van der Waals surface area (Å²) in [6.07, 6.45) is 0. The summed E-state index contributed by atoms with van der Waals surface area (Å²) in [5, 5.41) is 21.7. The molecule has 6 nitrogen and oxygen atoms in total. The summed E-state index contributed by atoms with van der Waals surface area (Å²) < 4.78 is 0. The molecule has 0 unspecified atom stereocenters. The van der Waals surface area contributed by atoms with Crippen LogP contribution in [0.2, 0.25) is 0 Å². The van der Waals surface area contributed by atoms with Gasteiger partial charge < -0.3 is 20.8 Å². The second-order valence-electron chi connectivity index (χ2n) is 3.32. The molecule has 0 bridgehead atoms. The molecule has 0 saturated heterocycles. The topological polar surface area (TPSA) is 98.7 Å². The number of carboxylic acid groups (broad SMARTS) is 1. The van der Waals surface area contributed by atoms with Gasteiger partial charge in [0.15, 0.2) is 6.04 Å². The number of hydrogen-bond acceptors (Lipinski definition) is 3. The Morgan fingerprint density at radius 3 is 2.29 bits per heavy atom. The third-order valence-electron chi connectivity index (χ3n) is 1.46. The Labute approximate surface area is 82.3 Å². The minimum Gasteiger partial charge on any atom is -0.480 e. The van der Waals surface area contributed by atoms with Gasteiger partial charge in [0.1, 0.15) is 0 Å². The first-order chi connectivity index (χ1) is 6.47. The molecule has 0 aliphatic heterocycles. The van der Waals surface area contributed by atoms with Crippen molar-refractivity contribution in [1.29, 1.82) is 0 Å². The molecule has 0 aromatic carbocycles. The minimum absolute atomic E-state index is 0.290. The number of carboxylic acids is 1. The molecule has 0 fully saturated rings. The van der Waals surface area contributed by atoms with Crippen LogP contribution in [0.4, 0.5) is 4.79 Å². The van der Waals surface area contributed by atoms with E-state index in [0.717, 1.165) is 0 Å². The highest BCUT2D eigenvalue weighted by molar-refractivity contribution is 5.82. The quantitative estimate of drug-likeness (QED) is 0.480. The molecule has 0 aromatic rings. The van der Waals surface area contributed by atoms with Gasteiger partial charge in [0, 0.05) is 6.54 Å². The van der Waals surface area contributed by atoms with E-state index < -0.39 is 24.6 Å². The lowest BCUT2D eigenvalue weighted by atomic mass is 10.2. The monoisotopic (exact) mass is 204 g/mol. The summed E-state index contributed by atoms with van der Waals surface area (Å²) in [7, 11) is 0. The van der Waals surface area contributed by atoms with Gasteiger partial charge in [0.25, 0.3) is 0 Å². The van der Waals surface area contributed by atoms with Crippen LogP contribution >= 0.6 is 0 Å². The number of rotatable bonds is 5. The highest BCUT2D eigenvalue weighted by Crippen LogP contribution is 1.87. The predicted molar refractivity (Wildman–Crippen MR) is 49.9 cm³/mol. The first-order valence-electron chi connectivity index (χ1n) is 4.35. The molecule has 0 radical (unpaired) electrons. The van der Waals surface area contributed by atoms with E-state index in [2.05, 4.69) is 10.6 Å². The summed E-state index contributed by atoms with van der Waals surface area (Å²) in [5.41, 5.74) is 0. The third kappa shape index (κ3) is 5.36. The van der Waals surface area contributed by atoms with Crippen molar-refractivity contribution in [2.45, 2.75) is 19.9 Å². The van der Waals surface area contributed by atoms with Gasteiger partial charge in [-0.2, -0.15) is 0 Å². The minimum atomic E-state index is -1.26. The van der Waals surface area contributed by atoms with Gasteiger partial charge in [-0.25, -0.2) is 9.59 Å². The fourth-order valence-corrected chi connectivity index (χ4v) is 0.692. The highest BCUT2D eigenvalue weighted by Gasteiger charge is 2.18. The fourth-order valence-electron chi connectivity index (χ4n) is 0.692. The maximum absolute atomic E-state index is 11.0. The molecule has 0 aromatic heterocycles. The number of urea groups is 1. The first kappa shape index (κ1) is 12.7. The molecule has 2 amide bonds. The van der Waals surface area contributed by atoms with E-state index in [9.17, 15) is 9.59 Å². The van der Waals surface area contributed by atoms with E-state index in [0.29, 0.717) is 6.54 Å². The molecule has 4 N–H and O–H groups in total. The van der Waals surface area contributed by atoms with Crippen molar-refractivity contribution in [3.05, 3.63) is 0 Å². The van der Waals surface area contributed by atoms with Crippen LogP contribution in [0.5, 0.6) is 0 Å². The van der Waals surface area contributed by atoms with Crippen molar-refractivity contribution in [3.63, 3.8) is 0 Å². The molecule has 82 valence electrons. The molecule has 1 atom stereocenters. The Morgan fingerprint density at radius 1 is 1.36 bits per heavy atom. The lowest BCUT2D eigenvalue weighted by molar-refractivity contribution is -0.140.